The van der Waals surface area contributed by atoms with Gasteiger partial charge in [-0.2, -0.15) is 0 Å². The van der Waals surface area contributed by atoms with E-state index in [2.05, 4.69) is 30.8 Å². The molecule has 0 fully saturated rings. The van der Waals surface area contributed by atoms with Crippen LogP contribution in [0.5, 0.6) is 5.75 Å². The van der Waals surface area contributed by atoms with Crippen LogP contribution in [0.1, 0.15) is 17.2 Å². The molecule has 2 aromatic rings. The average Bonchev–Trinajstić information content (AvgIpc) is 2.59. The first kappa shape index (κ1) is 19.5. The highest BCUT2D eigenvalue weighted by atomic mass is 35.5. The molecular formula is C19H25ClN3OS+. The van der Waals surface area contributed by atoms with Crippen LogP contribution in [0.2, 0.25) is 5.02 Å². The lowest BCUT2D eigenvalue weighted by atomic mass is 10.0. The first-order valence-corrected chi connectivity index (χ1v) is 8.95. The molecule has 3 N–H and O–H groups in total. The molecule has 134 valence electrons. The number of hydrogen-bond acceptors (Lipinski definition) is 2. The second kappa shape index (κ2) is 9.04. The van der Waals surface area contributed by atoms with Crippen LogP contribution in [0.25, 0.3) is 0 Å². The maximum absolute atomic E-state index is 6.16. The number of hydrogen-bond donors (Lipinski definition) is 3. The molecule has 1 atom stereocenters. The number of halogens is 1. The minimum absolute atomic E-state index is 0.205. The quantitative estimate of drug-likeness (QED) is 0.676. The van der Waals surface area contributed by atoms with Crippen molar-refractivity contribution >= 4 is 34.6 Å². The van der Waals surface area contributed by atoms with Crippen LogP contribution in [0, 0.1) is 6.92 Å². The van der Waals surface area contributed by atoms with Crippen molar-refractivity contribution in [2.75, 3.05) is 33.1 Å². The lowest BCUT2D eigenvalue weighted by Gasteiger charge is -2.24. The van der Waals surface area contributed by atoms with E-state index in [9.17, 15) is 0 Å². The van der Waals surface area contributed by atoms with Crippen molar-refractivity contribution in [3.8, 4) is 5.75 Å². The van der Waals surface area contributed by atoms with Gasteiger partial charge in [-0.3, -0.25) is 0 Å². The SMILES string of the molecule is COc1ccccc1[C@@H](CNC(=S)Nc1cccc(Cl)c1C)[NH+](C)C. The predicted octanol–water partition coefficient (Wildman–Crippen LogP) is 2.83. The van der Waals surface area contributed by atoms with Crippen LogP contribution < -0.4 is 20.3 Å². The highest BCUT2D eigenvalue weighted by molar-refractivity contribution is 7.80. The largest absolute Gasteiger partial charge is 0.496 e. The van der Waals surface area contributed by atoms with Gasteiger partial charge in [-0.25, -0.2) is 0 Å². The Morgan fingerprint density at radius 3 is 2.60 bits per heavy atom. The minimum Gasteiger partial charge on any atom is -0.496 e. The van der Waals surface area contributed by atoms with E-state index in [1.54, 1.807) is 7.11 Å². The molecule has 0 saturated carbocycles. The van der Waals surface area contributed by atoms with E-state index in [-0.39, 0.29) is 6.04 Å². The Kier molecular flexibility index (Phi) is 7.05. The molecule has 0 aromatic heterocycles. The lowest BCUT2D eigenvalue weighted by molar-refractivity contribution is -0.890. The van der Waals surface area contributed by atoms with Gasteiger partial charge >= 0.3 is 0 Å². The summed E-state index contributed by atoms with van der Waals surface area (Å²) in [6, 6.07) is 14.0. The van der Waals surface area contributed by atoms with Crippen LogP contribution >= 0.6 is 23.8 Å². The molecule has 0 bridgehead atoms. The van der Waals surface area contributed by atoms with Gasteiger partial charge in [0, 0.05) is 10.7 Å². The van der Waals surface area contributed by atoms with Crippen molar-refractivity contribution < 1.29 is 9.64 Å². The predicted molar refractivity (Wildman–Crippen MR) is 109 cm³/mol. The number of likely N-dealkylation sites (N-methyl/N-ethyl adjacent to an activating group) is 1. The molecule has 0 amide bonds. The van der Waals surface area contributed by atoms with E-state index < -0.39 is 0 Å². The summed E-state index contributed by atoms with van der Waals surface area (Å²) in [5, 5.41) is 7.83. The summed E-state index contributed by atoms with van der Waals surface area (Å²) in [5.41, 5.74) is 3.04. The Morgan fingerprint density at radius 2 is 1.92 bits per heavy atom. The molecule has 0 saturated heterocycles. The second-order valence-corrected chi connectivity index (χ2v) is 6.93. The Hall–Kier alpha value is -1.82. The summed E-state index contributed by atoms with van der Waals surface area (Å²) in [4.78, 5) is 1.29. The minimum atomic E-state index is 0.205. The van der Waals surface area contributed by atoms with Gasteiger partial charge in [0.2, 0.25) is 0 Å². The molecule has 0 heterocycles. The van der Waals surface area contributed by atoms with Crippen molar-refractivity contribution in [2.24, 2.45) is 0 Å². The first-order chi connectivity index (χ1) is 11.9. The fourth-order valence-corrected chi connectivity index (χ4v) is 3.05. The van der Waals surface area contributed by atoms with E-state index in [0.717, 1.165) is 27.6 Å². The fourth-order valence-electron chi connectivity index (χ4n) is 2.68. The molecule has 0 radical (unpaired) electrons. The summed E-state index contributed by atoms with van der Waals surface area (Å²) >= 11 is 11.6. The van der Waals surface area contributed by atoms with Gasteiger partial charge in [0.25, 0.3) is 0 Å². The second-order valence-electron chi connectivity index (χ2n) is 6.12. The Labute approximate surface area is 160 Å². The molecule has 25 heavy (non-hydrogen) atoms. The van der Waals surface area contributed by atoms with Gasteiger partial charge in [0.1, 0.15) is 11.8 Å². The molecule has 2 rings (SSSR count). The summed E-state index contributed by atoms with van der Waals surface area (Å²) in [6.07, 6.45) is 0. The van der Waals surface area contributed by atoms with Crippen molar-refractivity contribution in [3.63, 3.8) is 0 Å². The monoisotopic (exact) mass is 378 g/mol. The van der Waals surface area contributed by atoms with Crippen LogP contribution in [-0.4, -0.2) is 32.9 Å². The highest BCUT2D eigenvalue weighted by Gasteiger charge is 2.21. The number of anilines is 1. The maximum atomic E-state index is 6.16. The molecule has 4 nitrogen and oxygen atoms in total. The Morgan fingerprint density at radius 1 is 1.20 bits per heavy atom. The average molecular weight is 379 g/mol. The van der Waals surface area contributed by atoms with Gasteiger partial charge in [0.15, 0.2) is 5.11 Å². The number of nitrogens with one attached hydrogen (secondary N) is 3. The van der Waals surface area contributed by atoms with Crippen LogP contribution in [0.3, 0.4) is 0 Å². The van der Waals surface area contributed by atoms with E-state index in [0.29, 0.717) is 11.7 Å². The summed E-state index contributed by atoms with van der Waals surface area (Å²) in [7, 11) is 5.94. The van der Waals surface area contributed by atoms with E-state index in [1.807, 2.05) is 43.3 Å². The Bertz CT molecular complexity index is 736. The number of benzene rings is 2. The van der Waals surface area contributed by atoms with Crippen molar-refractivity contribution in [1.29, 1.82) is 0 Å². The number of thiocarbonyl (C=S) groups is 1. The van der Waals surface area contributed by atoms with Crippen molar-refractivity contribution in [1.82, 2.24) is 5.32 Å². The van der Waals surface area contributed by atoms with E-state index in [4.69, 9.17) is 28.6 Å². The summed E-state index contributed by atoms with van der Waals surface area (Å²) in [6.45, 7) is 2.66. The lowest BCUT2D eigenvalue weighted by Crippen LogP contribution is -3.07. The molecule has 6 heteroatoms. The maximum Gasteiger partial charge on any atom is 0.171 e. The van der Waals surface area contributed by atoms with Crippen LogP contribution in [0.4, 0.5) is 5.69 Å². The summed E-state index contributed by atoms with van der Waals surface area (Å²) in [5.74, 6) is 0.889. The number of para-hydroxylation sites is 1. The van der Waals surface area contributed by atoms with Gasteiger partial charge in [-0.05, 0) is 49.0 Å². The first-order valence-electron chi connectivity index (χ1n) is 8.17. The van der Waals surface area contributed by atoms with Crippen LogP contribution in [-0.2, 0) is 0 Å². The number of rotatable bonds is 6. The molecule has 0 aliphatic carbocycles. The normalized spacial score (nSPS) is 11.9. The molecule has 0 spiro atoms. The van der Waals surface area contributed by atoms with Gasteiger partial charge in [-0.1, -0.05) is 29.8 Å². The van der Waals surface area contributed by atoms with Crippen LogP contribution in [0.15, 0.2) is 42.5 Å². The standard InChI is InChI=1S/C19H24ClN3OS/c1-13-15(20)9-7-10-16(13)22-19(25)21-12-17(23(2)3)14-8-5-6-11-18(14)24-4/h5-11,17H,12H2,1-4H3,(H2,21,22,25)/p+1/t17-/m1/s1. The number of methoxy groups -OCH3 is 1. The van der Waals surface area contributed by atoms with Crippen molar-refractivity contribution in [3.05, 3.63) is 58.6 Å². The molecule has 0 unspecified atom stereocenters. The Balaban J connectivity index is 2.06. The molecule has 2 aromatic carbocycles. The smallest absolute Gasteiger partial charge is 0.171 e. The zero-order valence-electron chi connectivity index (χ0n) is 15.0. The molecule has 0 aliphatic heterocycles. The van der Waals surface area contributed by atoms with Gasteiger partial charge in [-0.15, -0.1) is 0 Å². The topological polar surface area (TPSA) is 37.7 Å². The highest BCUT2D eigenvalue weighted by Crippen LogP contribution is 2.24. The number of ether oxygens (including phenoxy) is 1. The third kappa shape index (κ3) is 5.08. The third-order valence-corrected chi connectivity index (χ3v) is 4.85. The molecule has 0 aliphatic rings. The van der Waals surface area contributed by atoms with E-state index in [1.165, 1.54) is 4.90 Å². The number of quaternary nitrogens is 1. The third-order valence-electron chi connectivity index (χ3n) is 4.19. The molecular weight excluding hydrogens is 354 g/mol. The van der Waals surface area contributed by atoms with E-state index >= 15 is 0 Å². The fraction of sp³-hybridized carbons (Fsp3) is 0.316. The van der Waals surface area contributed by atoms with Crippen molar-refractivity contribution in [2.45, 2.75) is 13.0 Å². The summed E-state index contributed by atoms with van der Waals surface area (Å²) < 4.78 is 5.50. The zero-order chi connectivity index (χ0) is 18.4. The van der Waals surface area contributed by atoms with Gasteiger partial charge in [0.05, 0.1) is 33.3 Å². The van der Waals surface area contributed by atoms with Gasteiger partial charge < -0.3 is 20.3 Å². The zero-order valence-corrected chi connectivity index (χ0v) is 16.6.